The topological polar surface area (TPSA) is 21.3 Å². The van der Waals surface area contributed by atoms with Gasteiger partial charge in [-0.3, -0.25) is 0 Å². The van der Waals surface area contributed by atoms with Crippen molar-refractivity contribution in [2.24, 2.45) is 0 Å². The molecule has 0 saturated carbocycles. The van der Waals surface area contributed by atoms with Crippen LogP contribution in [0.2, 0.25) is 0 Å². The van der Waals surface area contributed by atoms with E-state index in [0.717, 1.165) is 32.7 Å². The molecule has 0 unspecified atom stereocenters. The number of aryl methyl sites for hydroxylation is 1. The van der Waals surface area contributed by atoms with E-state index in [1.54, 1.807) is 0 Å². The third-order valence-corrected chi connectivity index (χ3v) is 2.26. The highest BCUT2D eigenvalue weighted by atomic mass is 16.5. The first-order chi connectivity index (χ1) is 7.33. The molecule has 0 radical (unpaired) electrons. The molecule has 1 aromatic rings. The van der Waals surface area contributed by atoms with E-state index >= 15 is 0 Å². The third kappa shape index (κ3) is 5.55. The van der Waals surface area contributed by atoms with Gasteiger partial charge < -0.3 is 10.1 Å². The highest BCUT2D eigenvalue weighted by Crippen LogP contribution is 2.02. The van der Waals surface area contributed by atoms with Crippen molar-refractivity contribution in [1.82, 2.24) is 5.32 Å². The second kappa shape index (κ2) is 7.43. The molecule has 0 fully saturated rings. The maximum atomic E-state index is 5.26. The molecule has 0 amide bonds. The van der Waals surface area contributed by atoms with Crippen molar-refractivity contribution in [3.8, 4) is 0 Å². The van der Waals surface area contributed by atoms with Crippen molar-refractivity contribution >= 4 is 0 Å². The largest absolute Gasteiger partial charge is 0.382 e. The van der Waals surface area contributed by atoms with Crippen molar-refractivity contribution in [3.63, 3.8) is 0 Å². The van der Waals surface area contributed by atoms with Crippen molar-refractivity contribution in [2.75, 3.05) is 19.8 Å². The summed E-state index contributed by atoms with van der Waals surface area (Å²) < 4.78 is 5.26. The molecule has 0 saturated heterocycles. The molecule has 84 valence electrons. The molecule has 0 spiro atoms. The van der Waals surface area contributed by atoms with Gasteiger partial charge in [0, 0.05) is 19.8 Å². The van der Waals surface area contributed by atoms with Crippen LogP contribution in [-0.2, 0) is 11.3 Å². The second-order valence-electron chi connectivity index (χ2n) is 3.72. The van der Waals surface area contributed by atoms with Gasteiger partial charge in [-0.2, -0.15) is 0 Å². The van der Waals surface area contributed by atoms with Gasteiger partial charge >= 0.3 is 0 Å². The van der Waals surface area contributed by atoms with Gasteiger partial charge in [-0.25, -0.2) is 0 Å². The predicted octanol–water partition coefficient (Wildman–Crippen LogP) is 2.51. The summed E-state index contributed by atoms with van der Waals surface area (Å²) in [7, 11) is 0. The van der Waals surface area contributed by atoms with Gasteiger partial charge in [0.1, 0.15) is 0 Å². The lowest BCUT2D eigenvalue weighted by Crippen LogP contribution is -2.16. The van der Waals surface area contributed by atoms with Crippen LogP contribution in [0.25, 0.3) is 0 Å². The summed E-state index contributed by atoms with van der Waals surface area (Å²) >= 11 is 0. The summed E-state index contributed by atoms with van der Waals surface area (Å²) in [4.78, 5) is 0. The van der Waals surface area contributed by atoms with E-state index < -0.39 is 0 Å². The Morgan fingerprint density at radius 2 is 2.20 bits per heavy atom. The minimum atomic E-state index is 0.817. The minimum Gasteiger partial charge on any atom is -0.382 e. The average molecular weight is 207 g/mol. The third-order valence-electron chi connectivity index (χ3n) is 2.26. The first-order valence-electron chi connectivity index (χ1n) is 5.67. The Labute approximate surface area is 92.6 Å². The summed E-state index contributed by atoms with van der Waals surface area (Å²) in [6, 6.07) is 8.60. The van der Waals surface area contributed by atoms with Crippen LogP contribution >= 0.6 is 0 Å². The molecule has 0 aromatic heterocycles. The van der Waals surface area contributed by atoms with Gasteiger partial charge in [0.15, 0.2) is 0 Å². The molecule has 15 heavy (non-hydrogen) atoms. The Bertz CT molecular complexity index is 273. The number of ether oxygens (including phenoxy) is 1. The van der Waals surface area contributed by atoms with Gasteiger partial charge in [-0.05, 0) is 32.4 Å². The number of hydrogen-bond acceptors (Lipinski definition) is 2. The van der Waals surface area contributed by atoms with Gasteiger partial charge in [-0.15, -0.1) is 0 Å². The van der Waals surface area contributed by atoms with E-state index in [1.165, 1.54) is 11.1 Å². The minimum absolute atomic E-state index is 0.817. The first-order valence-corrected chi connectivity index (χ1v) is 5.67. The summed E-state index contributed by atoms with van der Waals surface area (Å²) in [6.07, 6.45) is 1.08. The zero-order valence-electron chi connectivity index (χ0n) is 9.75. The summed E-state index contributed by atoms with van der Waals surface area (Å²) in [5, 5.41) is 3.41. The molecule has 0 aliphatic heterocycles. The zero-order chi connectivity index (χ0) is 10.9. The molecule has 2 heteroatoms. The Morgan fingerprint density at radius 3 is 2.93 bits per heavy atom. The molecular weight excluding hydrogens is 186 g/mol. The summed E-state index contributed by atoms with van der Waals surface area (Å²) in [5.74, 6) is 0. The van der Waals surface area contributed by atoms with Crippen molar-refractivity contribution in [2.45, 2.75) is 26.8 Å². The van der Waals surface area contributed by atoms with Gasteiger partial charge in [0.25, 0.3) is 0 Å². The maximum Gasteiger partial charge on any atom is 0.0477 e. The van der Waals surface area contributed by atoms with Gasteiger partial charge in [-0.1, -0.05) is 29.8 Å². The van der Waals surface area contributed by atoms with Crippen LogP contribution < -0.4 is 5.32 Å². The summed E-state index contributed by atoms with van der Waals surface area (Å²) in [6.45, 7) is 7.80. The Balaban J connectivity index is 2.10. The maximum absolute atomic E-state index is 5.26. The van der Waals surface area contributed by atoms with E-state index in [-0.39, 0.29) is 0 Å². The molecule has 2 nitrogen and oxygen atoms in total. The summed E-state index contributed by atoms with van der Waals surface area (Å²) in [5.41, 5.74) is 2.68. The lowest BCUT2D eigenvalue weighted by Gasteiger charge is -2.05. The zero-order valence-corrected chi connectivity index (χ0v) is 9.75. The van der Waals surface area contributed by atoms with Crippen LogP contribution in [0.4, 0.5) is 0 Å². The lowest BCUT2D eigenvalue weighted by atomic mass is 10.1. The molecule has 1 aromatic carbocycles. The normalized spacial score (nSPS) is 10.5. The van der Waals surface area contributed by atoms with Crippen LogP contribution in [0.5, 0.6) is 0 Å². The predicted molar refractivity (Wildman–Crippen MR) is 64.0 cm³/mol. The van der Waals surface area contributed by atoms with E-state index in [0.29, 0.717) is 0 Å². The number of benzene rings is 1. The molecule has 0 aliphatic carbocycles. The van der Waals surface area contributed by atoms with Crippen molar-refractivity contribution < 1.29 is 4.74 Å². The highest BCUT2D eigenvalue weighted by Gasteiger charge is 1.92. The Morgan fingerprint density at radius 1 is 1.33 bits per heavy atom. The van der Waals surface area contributed by atoms with Gasteiger partial charge in [0.2, 0.25) is 0 Å². The van der Waals surface area contributed by atoms with Crippen LogP contribution in [0.1, 0.15) is 24.5 Å². The monoisotopic (exact) mass is 207 g/mol. The van der Waals surface area contributed by atoms with E-state index in [4.69, 9.17) is 4.74 Å². The van der Waals surface area contributed by atoms with Gasteiger partial charge in [0.05, 0.1) is 0 Å². The van der Waals surface area contributed by atoms with Crippen LogP contribution in [-0.4, -0.2) is 19.8 Å². The second-order valence-corrected chi connectivity index (χ2v) is 3.72. The Hall–Kier alpha value is -0.860. The highest BCUT2D eigenvalue weighted by molar-refractivity contribution is 5.21. The molecule has 0 bridgehead atoms. The standard InChI is InChI=1S/C13H21NO/c1-3-15-9-5-8-14-11-13-7-4-6-12(2)10-13/h4,6-7,10,14H,3,5,8-9,11H2,1-2H3. The molecule has 1 N–H and O–H groups in total. The smallest absolute Gasteiger partial charge is 0.0477 e. The van der Waals surface area contributed by atoms with E-state index in [2.05, 4.69) is 36.5 Å². The SMILES string of the molecule is CCOCCCNCc1cccc(C)c1. The molecule has 0 atom stereocenters. The van der Waals surface area contributed by atoms with Crippen LogP contribution in [0.3, 0.4) is 0 Å². The fraction of sp³-hybridized carbons (Fsp3) is 0.538. The molecule has 0 heterocycles. The molecule has 1 rings (SSSR count). The van der Waals surface area contributed by atoms with E-state index in [1.807, 2.05) is 6.92 Å². The van der Waals surface area contributed by atoms with E-state index in [9.17, 15) is 0 Å². The van der Waals surface area contributed by atoms with Crippen molar-refractivity contribution in [1.29, 1.82) is 0 Å². The number of hydrogen-bond donors (Lipinski definition) is 1. The lowest BCUT2D eigenvalue weighted by molar-refractivity contribution is 0.144. The fourth-order valence-corrected chi connectivity index (χ4v) is 1.50. The fourth-order valence-electron chi connectivity index (χ4n) is 1.50. The molecule has 0 aliphatic rings. The molecular formula is C13H21NO. The van der Waals surface area contributed by atoms with Crippen molar-refractivity contribution in [3.05, 3.63) is 35.4 Å². The number of nitrogens with one attached hydrogen (secondary N) is 1. The van der Waals surface area contributed by atoms with Crippen LogP contribution in [0, 0.1) is 6.92 Å². The Kier molecular flexibility index (Phi) is 6.05. The number of rotatable bonds is 7. The van der Waals surface area contributed by atoms with Crippen LogP contribution in [0.15, 0.2) is 24.3 Å². The average Bonchev–Trinajstić information content (AvgIpc) is 2.23. The quantitative estimate of drug-likeness (QED) is 0.694. The first kappa shape index (κ1) is 12.2.